The van der Waals surface area contributed by atoms with E-state index in [0.29, 0.717) is 0 Å². The zero-order valence-electron chi connectivity index (χ0n) is 8.55. The van der Waals surface area contributed by atoms with Crippen LogP contribution in [-0.4, -0.2) is 14.8 Å². The molecule has 0 atom stereocenters. The van der Waals surface area contributed by atoms with Crippen LogP contribution in [0.3, 0.4) is 0 Å². The molecule has 0 radical (unpaired) electrons. The first kappa shape index (κ1) is 9.23. The molecule has 68 valence electrons. The van der Waals surface area contributed by atoms with Crippen LogP contribution in [0.4, 0.5) is 0 Å². The van der Waals surface area contributed by atoms with Crippen LogP contribution in [0.15, 0.2) is 0 Å². The van der Waals surface area contributed by atoms with E-state index in [2.05, 4.69) is 42.5 Å². The fraction of sp³-hybridized carbons (Fsp3) is 0.778. The molecule has 0 saturated heterocycles. The molecule has 0 bridgehead atoms. The summed E-state index contributed by atoms with van der Waals surface area (Å²) in [5.74, 6) is 2.11. The Morgan fingerprint density at radius 1 is 1.25 bits per heavy atom. The van der Waals surface area contributed by atoms with Crippen LogP contribution in [0.2, 0.25) is 0 Å². The average molecular weight is 167 g/mol. The number of aromatic nitrogens is 3. The van der Waals surface area contributed by atoms with E-state index < -0.39 is 0 Å². The topological polar surface area (TPSA) is 30.7 Å². The van der Waals surface area contributed by atoms with Gasteiger partial charge in [-0.05, 0) is 0 Å². The summed E-state index contributed by atoms with van der Waals surface area (Å²) < 4.78 is 2.08. The molecular formula is C9H17N3. The molecule has 0 amide bonds. The quantitative estimate of drug-likeness (QED) is 0.637. The maximum atomic E-state index is 4.17. The highest BCUT2D eigenvalue weighted by Crippen LogP contribution is 2.19. The standard InChI is InChI=1S/C9H17N3/c1-6-7-10-11-8(12(7)5)9(2,3)4/h6H2,1-5H3. The van der Waals surface area contributed by atoms with Crippen molar-refractivity contribution < 1.29 is 0 Å². The molecule has 1 aromatic rings. The van der Waals surface area contributed by atoms with Crippen molar-refractivity contribution in [2.45, 2.75) is 39.5 Å². The lowest BCUT2D eigenvalue weighted by atomic mass is 9.96. The lowest BCUT2D eigenvalue weighted by Crippen LogP contribution is -2.18. The summed E-state index contributed by atoms with van der Waals surface area (Å²) in [6.07, 6.45) is 0.944. The lowest BCUT2D eigenvalue weighted by molar-refractivity contribution is 0.517. The van der Waals surface area contributed by atoms with Crippen molar-refractivity contribution in [3.05, 3.63) is 11.6 Å². The largest absolute Gasteiger partial charge is 0.318 e. The first-order chi connectivity index (χ1) is 5.46. The van der Waals surface area contributed by atoms with E-state index >= 15 is 0 Å². The fourth-order valence-electron chi connectivity index (χ4n) is 1.32. The van der Waals surface area contributed by atoms with E-state index in [1.54, 1.807) is 0 Å². The van der Waals surface area contributed by atoms with Crippen LogP contribution in [0.5, 0.6) is 0 Å². The summed E-state index contributed by atoms with van der Waals surface area (Å²) in [4.78, 5) is 0. The molecule has 1 rings (SSSR count). The molecular weight excluding hydrogens is 150 g/mol. The number of aryl methyl sites for hydroxylation is 1. The van der Waals surface area contributed by atoms with E-state index in [4.69, 9.17) is 0 Å². The van der Waals surface area contributed by atoms with E-state index in [0.717, 1.165) is 18.1 Å². The van der Waals surface area contributed by atoms with Gasteiger partial charge in [0.15, 0.2) is 0 Å². The van der Waals surface area contributed by atoms with Crippen molar-refractivity contribution >= 4 is 0 Å². The molecule has 0 aliphatic carbocycles. The number of hydrogen-bond acceptors (Lipinski definition) is 2. The first-order valence-corrected chi connectivity index (χ1v) is 4.35. The minimum Gasteiger partial charge on any atom is -0.318 e. The van der Waals surface area contributed by atoms with Gasteiger partial charge in [0.1, 0.15) is 11.6 Å². The third-order valence-electron chi connectivity index (χ3n) is 1.95. The Balaban J connectivity index is 3.11. The summed E-state index contributed by atoms with van der Waals surface area (Å²) >= 11 is 0. The second-order valence-corrected chi connectivity index (χ2v) is 4.10. The zero-order chi connectivity index (χ0) is 9.35. The van der Waals surface area contributed by atoms with Gasteiger partial charge in [-0.25, -0.2) is 0 Å². The summed E-state index contributed by atoms with van der Waals surface area (Å²) in [5.41, 5.74) is 0.0924. The van der Waals surface area contributed by atoms with Crippen molar-refractivity contribution in [2.75, 3.05) is 0 Å². The molecule has 3 nitrogen and oxygen atoms in total. The average Bonchev–Trinajstić information content (AvgIpc) is 2.29. The molecule has 0 aliphatic heterocycles. The molecule has 3 heteroatoms. The number of nitrogens with zero attached hydrogens (tertiary/aromatic N) is 3. The minimum atomic E-state index is 0.0924. The Kier molecular flexibility index (Phi) is 2.22. The maximum Gasteiger partial charge on any atom is 0.138 e. The van der Waals surface area contributed by atoms with Crippen LogP contribution in [0, 0.1) is 0 Å². The smallest absolute Gasteiger partial charge is 0.138 e. The lowest BCUT2D eigenvalue weighted by Gasteiger charge is -2.16. The molecule has 0 aromatic carbocycles. The van der Waals surface area contributed by atoms with Crippen molar-refractivity contribution in [2.24, 2.45) is 7.05 Å². The number of rotatable bonds is 1. The van der Waals surface area contributed by atoms with Crippen molar-refractivity contribution in [1.29, 1.82) is 0 Å². The van der Waals surface area contributed by atoms with Crippen LogP contribution in [0.1, 0.15) is 39.3 Å². The van der Waals surface area contributed by atoms with E-state index in [1.807, 2.05) is 7.05 Å². The van der Waals surface area contributed by atoms with Gasteiger partial charge in [-0.3, -0.25) is 0 Å². The van der Waals surface area contributed by atoms with Crippen molar-refractivity contribution in [3.8, 4) is 0 Å². The molecule has 0 fully saturated rings. The number of hydrogen-bond donors (Lipinski definition) is 0. The maximum absolute atomic E-state index is 4.17. The zero-order valence-corrected chi connectivity index (χ0v) is 8.55. The van der Waals surface area contributed by atoms with Gasteiger partial charge in [-0.1, -0.05) is 27.7 Å². The highest BCUT2D eigenvalue weighted by Gasteiger charge is 2.20. The summed E-state index contributed by atoms with van der Waals surface area (Å²) in [6, 6.07) is 0. The summed E-state index contributed by atoms with van der Waals surface area (Å²) in [7, 11) is 2.03. The van der Waals surface area contributed by atoms with E-state index in [1.165, 1.54) is 0 Å². The van der Waals surface area contributed by atoms with Crippen LogP contribution in [0.25, 0.3) is 0 Å². The summed E-state index contributed by atoms with van der Waals surface area (Å²) in [6.45, 7) is 8.54. The van der Waals surface area contributed by atoms with Crippen LogP contribution >= 0.6 is 0 Å². The molecule has 0 unspecified atom stereocenters. The van der Waals surface area contributed by atoms with Gasteiger partial charge in [0, 0.05) is 18.9 Å². The molecule has 1 heterocycles. The molecule has 0 saturated carbocycles. The van der Waals surface area contributed by atoms with Gasteiger partial charge in [0.2, 0.25) is 0 Å². The second kappa shape index (κ2) is 2.88. The van der Waals surface area contributed by atoms with Crippen LogP contribution < -0.4 is 0 Å². The highest BCUT2D eigenvalue weighted by molar-refractivity contribution is 5.04. The normalized spacial score (nSPS) is 12.1. The second-order valence-electron chi connectivity index (χ2n) is 4.10. The minimum absolute atomic E-state index is 0.0924. The SMILES string of the molecule is CCc1nnc(C(C)(C)C)n1C. The van der Waals surface area contributed by atoms with Gasteiger partial charge >= 0.3 is 0 Å². The van der Waals surface area contributed by atoms with Crippen LogP contribution in [-0.2, 0) is 18.9 Å². The molecule has 1 aromatic heterocycles. The van der Waals surface area contributed by atoms with Gasteiger partial charge in [0.05, 0.1) is 0 Å². The van der Waals surface area contributed by atoms with E-state index in [9.17, 15) is 0 Å². The molecule has 0 aliphatic rings. The Hall–Kier alpha value is -0.860. The molecule has 0 spiro atoms. The molecule has 0 N–H and O–H groups in total. The highest BCUT2D eigenvalue weighted by atomic mass is 15.3. The Morgan fingerprint density at radius 2 is 1.83 bits per heavy atom. The Bertz CT molecular complexity index is 268. The fourth-order valence-corrected chi connectivity index (χ4v) is 1.32. The first-order valence-electron chi connectivity index (χ1n) is 4.35. The molecule has 12 heavy (non-hydrogen) atoms. The summed E-state index contributed by atoms with van der Waals surface area (Å²) in [5, 5.41) is 8.28. The Labute approximate surface area is 73.8 Å². The third kappa shape index (κ3) is 1.49. The van der Waals surface area contributed by atoms with Crippen molar-refractivity contribution in [3.63, 3.8) is 0 Å². The van der Waals surface area contributed by atoms with Crippen molar-refractivity contribution in [1.82, 2.24) is 14.8 Å². The monoisotopic (exact) mass is 167 g/mol. The predicted molar refractivity (Wildman–Crippen MR) is 49.1 cm³/mol. The Morgan fingerprint density at radius 3 is 2.08 bits per heavy atom. The third-order valence-corrected chi connectivity index (χ3v) is 1.95. The van der Waals surface area contributed by atoms with Gasteiger partial charge in [-0.15, -0.1) is 10.2 Å². The van der Waals surface area contributed by atoms with E-state index in [-0.39, 0.29) is 5.41 Å². The van der Waals surface area contributed by atoms with Gasteiger partial charge < -0.3 is 4.57 Å². The predicted octanol–water partition coefficient (Wildman–Crippen LogP) is 1.68. The van der Waals surface area contributed by atoms with Gasteiger partial charge in [-0.2, -0.15) is 0 Å². The van der Waals surface area contributed by atoms with Gasteiger partial charge in [0.25, 0.3) is 0 Å².